The standard InChI is InChI=1S/C27H53ClN2O5Si3/c1-25(2,3)36(10,11)32-18-19-21(34-37(12,13)26(4,5)6)22(35-38(14,15)27(7,8)9)23(33-19)30-17-16-20(28)29-24(30)31/h16-17,19,21-23H,18H2,1-15H3/t19-,21?,22+,23-/m1/s1. The third-order valence-electron chi connectivity index (χ3n) is 9.24. The summed E-state index contributed by atoms with van der Waals surface area (Å²) in [7, 11) is -6.62. The zero-order valence-corrected chi connectivity index (χ0v) is 30.2. The molecule has 2 heterocycles. The van der Waals surface area contributed by atoms with Gasteiger partial charge in [0.2, 0.25) is 0 Å². The Labute approximate surface area is 239 Å². The van der Waals surface area contributed by atoms with Gasteiger partial charge in [0.05, 0.1) is 6.61 Å². The third-order valence-corrected chi connectivity index (χ3v) is 22.9. The van der Waals surface area contributed by atoms with E-state index in [9.17, 15) is 4.79 Å². The molecule has 0 spiro atoms. The van der Waals surface area contributed by atoms with Crippen LogP contribution in [0.25, 0.3) is 0 Å². The second kappa shape index (κ2) is 11.2. The van der Waals surface area contributed by atoms with Crippen molar-refractivity contribution < 1.29 is 18.0 Å². The minimum atomic E-state index is -2.29. The number of hydrogen-bond donors (Lipinski definition) is 0. The van der Waals surface area contributed by atoms with Crippen LogP contribution in [0.5, 0.6) is 0 Å². The minimum absolute atomic E-state index is 0.0177. The quantitative estimate of drug-likeness (QED) is 0.225. The van der Waals surface area contributed by atoms with Gasteiger partial charge in [-0.05, 0) is 60.5 Å². The second-order valence-electron chi connectivity index (χ2n) is 15.3. The van der Waals surface area contributed by atoms with Crippen molar-refractivity contribution in [3.05, 3.63) is 27.9 Å². The number of rotatable bonds is 8. The highest BCUT2D eigenvalue weighted by molar-refractivity contribution is 6.75. The molecule has 220 valence electrons. The normalized spacial score (nSPS) is 24.2. The molecule has 0 aliphatic carbocycles. The highest BCUT2D eigenvalue weighted by Crippen LogP contribution is 2.46. The van der Waals surface area contributed by atoms with Crippen LogP contribution in [0.1, 0.15) is 68.5 Å². The Hall–Kier alpha value is -0.339. The van der Waals surface area contributed by atoms with Gasteiger partial charge in [0, 0.05) is 6.20 Å². The predicted octanol–water partition coefficient (Wildman–Crippen LogP) is 7.60. The lowest BCUT2D eigenvalue weighted by Gasteiger charge is -2.44. The van der Waals surface area contributed by atoms with Crippen molar-refractivity contribution in [3.8, 4) is 0 Å². The zero-order valence-electron chi connectivity index (χ0n) is 26.5. The van der Waals surface area contributed by atoms with Gasteiger partial charge in [-0.25, -0.2) is 4.79 Å². The SMILES string of the molecule is CC(C)(C)[Si](C)(C)OC[C@H]1O[C@@H](n2ccc(Cl)nc2=O)[C@@H](O[Si](C)(C)C(C)(C)C)C1O[Si](C)(C)C(C)(C)C. The zero-order chi connectivity index (χ0) is 29.7. The fraction of sp³-hybridized carbons (Fsp3) is 0.852. The van der Waals surface area contributed by atoms with Crippen LogP contribution in [0, 0.1) is 0 Å². The molecule has 7 nitrogen and oxygen atoms in total. The molecule has 1 unspecified atom stereocenters. The lowest BCUT2D eigenvalue weighted by atomic mass is 10.1. The molecule has 38 heavy (non-hydrogen) atoms. The molecule has 0 N–H and O–H groups in total. The molecule has 0 aromatic carbocycles. The Balaban J connectivity index is 2.64. The number of halogens is 1. The van der Waals surface area contributed by atoms with E-state index in [0.29, 0.717) is 6.61 Å². The van der Waals surface area contributed by atoms with Crippen LogP contribution in [0.4, 0.5) is 0 Å². The molecule has 1 aliphatic heterocycles. The molecular weight excluding hydrogens is 552 g/mol. The average molecular weight is 605 g/mol. The van der Waals surface area contributed by atoms with Crippen molar-refractivity contribution >= 4 is 36.6 Å². The Morgan fingerprint density at radius 1 is 0.842 bits per heavy atom. The molecule has 2 rings (SSSR count). The molecule has 4 atom stereocenters. The van der Waals surface area contributed by atoms with E-state index in [4.69, 9.17) is 29.6 Å². The average Bonchev–Trinajstić information content (AvgIpc) is 3.00. The first-order valence-corrected chi connectivity index (χ1v) is 22.8. The first-order chi connectivity index (χ1) is 16.8. The van der Waals surface area contributed by atoms with Crippen molar-refractivity contribution in [1.29, 1.82) is 0 Å². The fourth-order valence-electron chi connectivity index (χ4n) is 3.46. The molecule has 0 saturated carbocycles. The predicted molar refractivity (Wildman–Crippen MR) is 165 cm³/mol. The summed E-state index contributed by atoms with van der Waals surface area (Å²) in [4.78, 5) is 17.0. The Morgan fingerprint density at radius 3 is 1.71 bits per heavy atom. The first kappa shape index (κ1) is 33.9. The largest absolute Gasteiger partial charge is 0.414 e. The van der Waals surface area contributed by atoms with E-state index in [2.05, 4.69) is 107 Å². The van der Waals surface area contributed by atoms with E-state index >= 15 is 0 Å². The van der Waals surface area contributed by atoms with Gasteiger partial charge in [-0.15, -0.1) is 0 Å². The number of hydrogen-bond acceptors (Lipinski definition) is 6. The summed E-state index contributed by atoms with van der Waals surface area (Å²) in [5, 5.41) is 0.140. The van der Waals surface area contributed by atoms with Crippen LogP contribution < -0.4 is 5.69 Å². The molecular formula is C27H53ClN2O5Si3. The molecule has 0 bridgehead atoms. The number of nitrogens with zero attached hydrogens (tertiary/aromatic N) is 2. The summed E-state index contributed by atoms with van der Waals surface area (Å²) in [6.07, 6.45) is -0.365. The maximum atomic E-state index is 13.0. The lowest BCUT2D eigenvalue weighted by molar-refractivity contribution is -0.0509. The maximum Gasteiger partial charge on any atom is 0.351 e. The van der Waals surface area contributed by atoms with Crippen molar-refractivity contribution in [1.82, 2.24) is 9.55 Å². The summed E-state index contributed by atoms with van der Waals surface area (Å²) >= 11 is 6.04. The third kappa shape index (κ3) is 7.48. The second-order valence-corrected chi connectivity index (χ2v) is 30.0. The van der Waals surface area contributed by atoms with Gasteiger partial charge >= 0.3 is 5.69 Å². The molecule has 1 fully saturated rings. The van der Waals surface area contributed by atoms with Gasteiger partial charge in [-0.1, -0.05) is 73.9 Å². The van der Waals surface area contributed by atoms with Crippen LogP contribution in [-0.4, -0.2) is 59.4 Å². The van der Waals surface area contributed by atoms with Crippen LogP contribution in [0.15, 0.2) is 17.1 Å². The van der Waals surface area contributed by atoms with Crippen molar-refractivity contribution in [2.24, 2.45) is 0 Å². The van der Waals surface area contributed by atoms with Gasteiger partial charge in [-0.2, -0.15) is 4.98 Å². The van der Waals surface area contributed by atoms with Gasteiger partial charge < -0.3 is 18.0 Å². The smallest absolute Gasteiger partial charge is 0.351 e. The summed E-state index contributed by atoms with van der Waals surface area (Å²) in [5.74, 6) is 0. The molecule has 1 aliphatic rings. The van der Waals surface area contributed by atoms with E-state index in [1.807, 2.05) is 0 Å². The highest BCUT2D eigenvalue weighted by atomic mass is 35.5. The van der Waals surface area contributed by atoms with Gasteiger partial charge in [0.1, 0.15) is 23.5 Å². The minimum Gasteiger partial charge on any atom is -0.414 e. The number of ether oxygens (including phenoxy) is 1. The highest BCUT2D eigenvalue weighted by Gasteiger charge is 2.55. The van der Waals surface area contributed by atoms with Crippen LogP contribution in [-0.2, 0) is 18.0 Å². The van der Waals surface area contributed by atoms with Crippen LogP contribution in [0.2, 0.25) is 59.5 Å². The summed E-state index contributed by atoms with van der Waals surface area (Å²) in [6.45, 7) is 33.8. The number of aromatic nitrogens is 2. The van der Waals surface area contributed by atoms with E-state index in [-0.39, 0.29) is 20.3 Å². The maximum absolute atomic E-state index is 13.0. The summed E-state index contributed by atoms with van der Waals surface area (Å²) in [6, 6.07) is 1.61. The van der Waals surface area contributed by atoms with E-state index in [0.717, 1.165) is 0 Å². The monoisotopic (exact) mass is 604 g/mol. The van der Waals surface area contributed by atoms with E-state index in [1.165, 1.54) is 4.57 Å². The summed E-state index contributed by atoms with van der Waals surface area (Å²) in [5.41, 5.74) is -0.469. The van der Waals surface area contributed by atoms with Gasteiger partial charge in [0.25, 0.3) is 0 Å². The Bertz CT molecular complexity index is 1030. The first-order valence-electron chi connectivity index (χ1n) is 13.7. The van der Waals surface area contributed by atoms with Crippen molar-refractivity contribution in [2.45, 2.75) is 141 Å². The Morgan fingerprint density at radius 2 is 1.29 bits per heavy atom. The Kier molecular flexibility index (Phi) is 9.94. The van der Waals surface area contributed by atoms with Gasteiger partial charge in [0.15, 0.2) is 31.2 Å². The van der Waals surface area contributed by atoms with Gasteiger partial charge in [-0.3, -0.25) is 4.57 Å². The van der Waals surface area contributed by atoms with Crippen LogP contribution >= 0.6 is 11.6 Å². The molecule has 1 saturated heterocycles. The fourth-order valence-corrected chi connectivity index (χ4v) is 7.21. The van der Waals surface area contributed by atoms with Crippen molar-refractivity contribution in [2.75, 3.05) is 6.61 Å². The van der Waals surface area contributed by atoms with Crippen LogP contribution in [0.3, 0.4) is 0 Å². The molecule has 11 heteroatoms. The molecule has 1 aromatic rings. The molecule has 0 amide bonds. The summed E-state index contributed by atoms with van der Waals surface area (Å²) < 4.78 is 29.0. The van der Waals surface area contributed by atoms with E-state index < -0.39 is 55.2 Å². The lowest BCUT2D eigenvalue weighted by Crippen LogP contribution is -2.54. The molecule has 1 aromatic heterocycles. The topological polar surface area (TPSA) is 71.8 Å². The van der Waals surface area contributed by atoms with Crippen molar-refractivity contribution in [3.63, 3.8) is 0 Å². The van der Waals surface area contributed by atoms with E-state index in [1.54, 1.807) is 12.3 Å². The molecule has 0 radical (unpaired) electrons.